The van der Waals surface area contributed by atoms with Crippen LogP contribution >= 0.6 is 11.5 Å². The second-order valence-corrected chi connectivity index (χ2v) is 3.20. The van der Waals surface area contributed by atoms with Crippen LogP contribution < -0.4 is 10.6 Å². The van der Waals surface area contributed by atoms with Crippen molar-refractivity contribution >= 4 is 11.5 Å². The van der Waals surface area contributed by atoms with E-state index in [0.717, 1.165) is 16.1 Å². The van der Waals surface area contributed by atoms with Crippen LogP contribution in [-0.2, 0) is 0 Å². The summed E-state index contributed by atoms with van der Waals surface area (Å²) in [4.78, 5) is 22.1. The number of para-hydroxylation sites is 1. The fourth-order valence-corrected chi connectivity index (χ4v) is 1.61. The van der Waals surface area contributed by atoms with Gasteiger partial charge in [0.05, 0.1) is 5.69 Å². The molecule has 0 aliphatic carbocycles. The van der Waals surface area contributed by atoms with Crippen LogP contribution in [0, 0.1) is 0 Å². The summed E-state index contributed by atoms with van der Waals surface area (Å²) in [5.41, 5.74) is 0.205. The number of aromatic amines is 1. The van der Waals surface area contributed by atoms with Gasteiger partial charge in [-0.1, -0.05) is 18.2 Å². The van der Waals surface area contributed by atoms with Gasteiger partial charge in [-0.25, -0.2) is 9.36 Å². The Morgan fingerprint density at radius 2 is 1.85 bits per heavy atom. The molecule has 1 aromatic carbocycles. The van der Waals surface area contributed by atoms with Gasteiger partial charge in [0.1, 0.15) is 0 Å². The molecule has 0 aliphatic rings. The van der Waals surface area contributed by atoms with Crippen LogP contribution in [0.15, 0.2) is 39.9 Å². The predicted molar refractivity (Wildman–Crippen MR) is 50.5 cm³/mol. The fraction of sp³-hybridized carbons (Fsp3) is 0. The molecule has 0 bridgehead atoms. The molecule has 4 nitrogen and oxygen atoms in total. The van der Waals surface area contributed by atoms with E-state index in [1.54, 1.807) is 24.3 Å². The Bertz CT molecular complexity index is 481. The van der Waals surface area contributed by atoms with Crippen LogP contribution in [0.4, 0.5) is 0 Å². The highest BCUT2D eigenvalue weighted by Crippen LogP contribution is 2.00. The predicted octanol–water partition coefficient (Wildman–Crippen LogP) is 0.587. The largest absolute Gasteiger partial charge is 0.343 e. The molecule has 0 amide bonds. The summed E-state index contributed by atoms with van der Waals surface area (Å²) in [6, 6.07) is 8.81. The average molecular weight is 194 g/mol. The Morgan fingerprint density at radius 3 is 2.38 bits per heavy atom. The molecule has 0 saturated carbocycles. The molecule has 0 unspecified atom stereocenters. The number of nitrogens with zero attached hydrogens (tertiary/aromatic N) is 1. The molecular weight excluding hydrogens is 188 g/mol. The van der Waals surface area contributed by atoms with Crippen molar-refractivity contribution in [2.75, 3.05) is 0 Å². The molecule has 66 valence electrons. The molecule has 5 heteroatoms. The first kappa shape index (κ1) is 8.00. The number of hydrogen-bond acceptors (Lipinski definition) is 3. The summed E-state index contributed by atoms with van der Waals surface area (Å²) in [5, 5.41) is 0. The molecule has 0 aliphatic heterocycles. The van der Waals surface area contributed by atoms with Gasteiger partial charge in [0.25, 0.3) is 0 Å². The van der Waals surface area contributed by atoms with Crippen molar-refractivity contribution in [3.8, 4) is 5.69 Å². The molecule has 2 rings (SSSR count). The quantitative estimate of drug-likeness (QED) is 0.722. The zero-order chi connectivity index (χ0) is 9.26. The summed E-state index contributed by atoms with van der Waals surface area (Å²) < 4.78 is 3.47. The Labute approximate surface area is 77.2 Å². The third kappa shape index (κ3) is 1.33. The van der Waals surface area contributed by atoms with Gasteiger partial charge in [0, 0.05) is 11.5 Å². The Balaban J connectivity index is 2.73. The Hall–Kier alpha value is -1.62. The lowest BCUT2D eigenvalue weighted by molar-refractivity contribution is 0.955. The van der Waals surface area contributed by atoms with E-state index in [-0.39, 0.29) is 10.6 Å². The van der Waals surface area contributed by atoms with Gasteiger partial charge in [0.2, 0.25) is 0 Å². The maximum atomic E-state index is 11.2. The van der Waals surface area contributed by atoms with Crippen LogP contribution in [0.3, 0.4) is 0 Å². The first-order valence-corrected chi connectivity index (χ1v) is 4.46. The fourth-order valence-electron chi connectivity index (χ4n) is 1.06. The molecule has 0 spiro atoms. The van der Waals surface area contributed by atoms with Gasteiger partial charge in [-0.15, -0.1) is 0 Å². The second kappa shape index (κ2) is 3.02. The van der Waals surface area contributed by atoms with Gasteiger partial charge in [-0.3, -0.25) is 9.17 Å². The maximum Gasteiger partial charge on any atom is 0.343 e. The topological polar surface area (TPSA) is 54.9 Å². The number of H-pyrrole nitrogens is 1. The highest BCUT2D eigenvalue weighted by Gasteiger charge is 2.04. The number of benzene rings is 1. The zero-order valence-corrected chi connectivity index (χ0v) is 7.38. The van der Waals surface area contributed by atoms with Gasteiger partial charge >= 0.3 is 10.6 Å². The monoisotopic (exact) mass is 194 g/mol. The first-order chi connectivity index (χ1) is 6.29. The maximum absolute atomic E-state index is 11.2. The number of nitrogens with one attached hydrogen (secondary N) is 1. The minimum Gasteiger partial charge on any atom is -0.258 e. The van der Waals surface area contributed by atoms with Crippen molar-refractivity contribution in [3.63, 3.8) is 0 Å². The lowest BCUT2D eigenvalue weighted by Crippen LogP contribution is -2.23. The molecule has 0 radical (unpaired) electrons. The third-order valence-corrected chi connectivity index (χ3v) is 2.26. The molecule has 13 heavy (non-hydrogen) atoms. The standard InChI is InChI=1S/C8H6N2O2S/c11-7-9-13-8(12)10(7)6-4-2-1-3-5-6/h1-5H,(H,9,11). The molecule has 1 aromatic heterocycles. The Kier molecular flexibility index (Phi) is 1.86. The normalized spacial score (nSPS) is 10.2. The van der Waals surface area contributed by atoms with E-state index in [1.165, 1.54) is 0 Å². The molecular formula is C8H6N2O2S. The van der Waals surface area contributed by atoms with Crippen molar-refractivity contribution < 1.29 is 0 Å². The summed E-state index contributed by atoms with van der Waals surface area (Å²) in [7, 11) is 0. The molecule has 1 heterocycles. The van der Waals surface area contributed by atoms with E-state index in [0.29, 0.717) is 5.69 Å². The number of rotatable bonds is 1. The smallest absolute Gasteiger partial charge is 0.258 e. The molecule has 2 aromatic rings. The van der Waals surface area contributed by atoms with Crippen molar-refractivity contribution in [2.24, 2.45) is 0 Å². The van der Waals surface area contributed by atoms with Crippen molar-refractivity contribution in [1.29, 1.82) is 0 Å². The number of hydrogen-bond donors (Lipinski definition) is 1. The van der Waals surface area contributed by atoms with E-state index < -0.39 is 0 Å². The SMILES string of the molecule is O=c1[nH]sc(=O)n1-c1ccccc1. The van der Waals surface area contributed by atoms with E-state index in [2.05, 4.69) is 4.37 Å². The van der Waals surface area contributed by atoms with Crippen LogP contribution in [0.2, 0.25) is 0 Å². The first-order valence-electron chi connectivity index (χ1n) is 3.65. The lowest BCUT2D eigenvalue weighted by atomic mass is 10.3. The summed E-state index contributed by atoms with van der Waals surface area (Å²) >= 11 is 0.796. The number of aromatic nitrogens is 2. The van der Waals surface area contributed by atoms with Gasteiger partial charge < -0.3 is 0 Å². The van der Waals surface area contributed by atoms with E-state index >= 15 is 0 Å². The third-order valence-electron chi connectivity index (χ3n) is 1.63. The molecule has 0 saturated heterocycles. The van der Waals surface area contributed by atoms with E-state index in [1.807, 2.05) is 6.07 Å². The van der Waals surface area contributed by atoms with Crippen molar-refractivity contribution in [2.45, 2.75) is 0 Å². The van der Waals surface area contributed by atoms with Crippen LogP contribution in [-0.4, -0.2) is 8.94 Å². The van der Waals surface area contributed by atoms with E-state index in [4.69, 9.17) is 0 Å². The van der Waals surface area contributed by atoms with Crippen molar-refractivity contribution in [1.82, 2.24) is 8.94 Å². The van der Waals surface area contributed by atoms with E-state index in [9.17, 15) is 9.59 Å². The van der Waals surface area contributed by atoms with Crippen LogP contribution in [0.25, 0.3) is 5.69 Å². The van der Waals surface area contributed by atoms with Gasteiger partial charge in [0.15, 0.2) is 0 Å². The van der Waals surface area contributed by atoms with Crippen molar-refractivity contribution in [3.05, 3.63) is 50.5 Å². The molecule has 0 atom stereocenters. The lowest BCUT2D eigenvalue weighted by Gasteiger charge is -1.95. The molecule has 1 N–H and O–H groups in total. The summed E-state index contributed by atoms with van der Waals surface area (Å²) in [6.07, 6.45) is 0. The second-order valence-electron chi connectivity index (χ2n) is 2.45. The average Bonchev–Trinajstić information content (AvgIpc) is 2.48. The zero-order valence-electron chi connectivity index (χ0n) is 6.56. The highest BCUT2D eigenvalue weighted by atomic mass is 32.1. The molecule has 0 fully saturated rings. The van der Waals surface area contributed by atoms with Gasteiger partial charge in [-0.2, -0.15) is 0 Å². The summed E-state index contributed by atoms with van der Waals surface area (Å²) in [5.74, 6) is 0. The Morgan fingerprint density at radius 1 is 1.15 bits per heavy atom. The highest BCUT2D eigenvalue weighted by molar-refractivity contribution is 7.02. The van der Waals surface area contributed by atoms with Gasteiger partial charge in [-0.05, 0) is 12.1 Å². The minimum absolute atomic E-state index is 0.295. The summed E-state index contributed by atoms with van der Waals surface area (Å²) in [6.45, 7) is 0. The minimum atomic E-state index is -0.388. The van der Waals surface area contributed by atoms with Crippen LogP contribution in [0.1, 0.15) is 0 Å². The van der Waals surface area contributed by atoms with Crippen LogP contribution in [0.5, 0.6) is 0 Å².